The van der Waals surface area contributed by atoms with Crippen LogP contribution < -0.4 is 16.4 Å². The molecule has 0 fully saturated rings. The summed E-state index contributed by atoms with van der Waals surface area (Å²) in [6, 6.07) is 2.14. The highest BCUT2D eigenvalue weighted by atomic mass is 16.4. The van der Waals surface area contributed by atoms with Crippen LogP contribution in [0.5, 0.6) is 5.75 Å². The van der Waals surface area contributed by atoms with Gasteiger partial charge in [0.1, 0.15) is 11.3 Å². The normalized spacial score (nSPS) is 9.61. The summed E-state index contributed by atoms with van der Waals surface area (Å²) in [4.78, 5) is 21.8. The molecule has 1 amide bonds. The van der Waals surface area contributed by atoms with Crippen LogP contribution in [0.25, 0.3) is 0 Å². The molecule has 0 atom stereocenters. The van der Waals surface area contributed by atoms with Crippen LogP contribution in [0.15, 0.2) is 12.1 Å². The molecule has 1 aromatic rings. The SMILES string of the molecule is CC(=O)Nc1cc(O)c(C(=O)O)cc1NC(=N)N. The van der Waals surface area contributed by atoms with Gasteiger partial charge < -0.3 is 26.6 Å². The molecule has 7 N–H and O–H groups in total. The van der Waals surface area contributed by atoms with E-state index in [0.717, 1.165) is 12.1 Å². The number of hydrogen-bond donors (Lipinski definition) is 6. The summed E-state index contributed by atoms with van der Waals surface area (Å²) in [5.41, 5.74) is 5.00. The van der Waals surface area contributed by atoms with Gasteiger partial charge in [0.05, 0.1) is 11.4 Å². The standard InChI is InChI=1S/C10H12N4O4/c1-4(15)13-7-3-8(16)5(9(17)18)2-6(7)14-10(11)12/h2-3,16H,1H3,(H,13,15)(H,17,18)(H4,11,12,14). The Morgan fingerprint density at radius 3 is 2.28 bits per heavy atom. The van der Waals surface area contributed by atoms with E-state index < -0.39 is 23.6 Å². The Morgan fingerprint density at radius 1 is 1.28 bits per heavy atom. The van der Waals surface area contributed by atoms with Gasteiger partial charge in [-0.15, -0.1) is 0 Å². The molecule has 0 aliphatic rings. The van der Waals surface area contributed by atoms with Gasteiger partial charge >= 0.3 is 5.97 Å². The molecule has 1 rings (SSSR count). The highest BCUT2D eigenvalue weighted by Crippen LogP contribution is 2.30. The maximum Gasteiger partial charge on any atom is 0.339 e. The average Bonchev–Trinajstić information content (AvgIpc) is 2.19. The summed E-state index contributed by atoms with van der Waals surface area (Å²) in [6.45, 7) is 1.25. The van der Waals surface area contributed by atoms with Gasteiger partial charge in [-0.3, -0.25) is 10.2 Å². The summed E-state index contributed by atoms with van der Waals surface area (Å²) in [6.07, 6.45) is 0. The quantitative estimate of drug-likeness (QED) is 0.260. The summed E-state index contributed by atoms with van der Waals surface area (Å²) in [5.74, 6) is -2.68. The molecule has 0 aromatic heterocycles. The summed E-state index contributed by atoms with van der Waals surface area (Å²) < 4.78 is 0. The summed E-state index contributed by atoms with van der Waals surface area (Å²) in [7, 11) is 0. The first-order valence-electron chi connectivity index (χ1n) is 4.80. The van der Waals surface area contributed by atoms with Crippen molar-refractivity contribution in [2.75, 3.05) is 10.6 Å². The largest absolute Gasteiger partial charge is 0.507 e. The third-order valence-corrected chi connectivity index (χ3v) is 1.95. The van der Waals surface area contributed by atoms with Crippen molar-refractivity contribution in [3.8, 4) is 5.75 Å². The summed E-state index contributed by atoms with van der Waals surface area (Å²) >= 11 is 0. The minimum absolute atomic E-state index is 0.105. The lowest BCUT2D eigenvalue weighted by molar-refractivity contribution is -0.114. The molecule has 0 bridgehead atoms. The van der Waals surface area contributed by atoms with E-state index in [1.165, 1.54) is 6.92 Å². The number of hydrogen-bond acceptors (Lipinski definition) is 4. The number of carboxylic acid groups (broad SMARTS) is 1. The van der Waals surface area contributed by atoms with Crippen molar-refractivity contribution in [2.24, 2.45) is 5.73 Å². The maximum absolute atomic E-state index is 11.0. The van der Waals surface area contributed by atoms with Crippen molar-refractivity contribution in [1.29, 1.82) is 5.41 Å². The van der Waals surface area contributed by atoms with Gasteiger partial charge in [0.25, 0.3) is 0 Å². The fourth-order valence-electron chi connectivity index (χ4n) is 1.30. The molecule has 0 heterocycles. The number of guanidine groups is 1. The van der Waals surface area contributed by atoms with Gasteiger partial charge in [-0.1, -0.05) is 0 Å². The second-order valence-electron chi connectivity index (χ2n) is 3.44. The van der Waals surface area contributed by atoms with E-state index in [4.69, 9.17) is 16.2 Å². The molecule has 0 unspecified atom stereocenters. The minimum Gasteiger partial charge on any atom is -0.507 e. The van der Waals surface area contributed by atoms with E-state index in [1.807, 2.05) is 0 Å². The van der Waals surface area contributed by atoms with E-state index >= 15 is 0 Å². The number of benzene rings is 1. The first kappa shape index (κ1) is 13.3. The van der Waals surface area contributed by atoms with Gasteiger partial charge in [0, 0.05) is 13.0 Å². The number of carbonyl (C=O) groups is 2. The molecular formula is C10H12N4O4. The zero-order valence-electron chi connectivity index (χ0n) is 9.44. The van der Waals surface area contributed by atoms with Crippen LogP contribution in [0.2, 0.25) is 0 Å². The fraction of sp³-hybridized carbons (Fsp3) is 0.100. The van der Waals surface area contributed by atoms with Crippen LogP contribution >= 0.6 is 0 Å². The topological polar surface area (TPSA) is 149 Å². The van der Waals surface area contributed by atoms with E-state index in [1.54, 1.807) is 0 Å². The maximum atomic E-state index is 11.0. The van der Waals surface area contributed by atoms with Crippen molar-refractivity contribution < 1.29 is 19.8 Å². The second-order valence-corrected chi connectivity index (χ2v) is 3.44. The lowest BCUT2D eigenvalue weighted by atomic mass is 10.1. The first-order chi connectivity index (χ1) is 8.31. The zero-order chi connectivity index (χ0) is 13.9. The van der Waals surface area contributed by atoms with Gasteiger partial charge in [-0.2, -0.15) is 0 Å². The molecule has 0 saturated heterocycles. The molecular weight excluding hydrogens is 240 g/mol. The Hall–Kier alpha value is -2.77. The van der Waals surface area contributed by atoms with Gasteiger partial charge in [-0.05, 0) is 6.07 Å². The Kier molecular flexibility index (Phi) is 3.72. The van der Waals surface area contributed by atoms with E-state index in [9.17, 15) is 14.7 Å². The lowest BCUT2D eigenvalue weighted by Crippen LogP contribution is -2.22. The predicted octanol–water partition coefficient (Wildman–Crippen LogP) is 0.354. The Bertz CT molecular complexity index is 527. The molecule has 8 heteroatoms. The van der Waals surface area contributed by atoms with Gasteiger partial charge in [-0.25, -0.2) is 4.79 Å². The monoisotopic (exact) mass is 252 g/mol. The Labute approximate surface area is 102 Å². The number of aromatic hydroxyl groups is 1. The number of nitrogens with two attached hydrogens (primary N) is 1. The molecule has 0 saturated carbocycles. The Morgan fingerprint density at radius 2 is 1.83 bits per heavy atom. The third kappa shape index (κ3) is 3.11. The molecule has 0 aliphatic heterocycles. The number of nitrogens with one attached hydrogen (secondary N) is 3. The van der Waals surface area contributed by atoms with Crippen molar-refractivity contribution in [1.82, 2.24) is 0 Å². The predicted molar refractivity (Wildman–Crippen MR) is 64.9 cm³/mol. The van der Waals surface area contributed by atoms with Crippen LogP contribution in [0.3, 0.4) is 0 Å². The van der Waals surface area contributed by atoms with Crippen LogP contribution in [0, 0.1) is 5.41 Å². The first-order valence-corrected chi connectivity index (χ1v) is 4.80. The van der Waals surface area contributed by atoms with Crippen LogP contribution in [0.4, 0.5) is 11.4 Å². The number of aromatic carboxylic acids is 1. The zero-order valence-corrected chi connectivity index (χ0v) is 9.44. The molecule has 1 aromatic carbocycles. The number of rotatable bonds is 3. The van der Waals surface area contributed by atoms with Crippen molar-refractivity contribution in [3.05, 3.63) is 17.7 Å². The van der Waals surface area contributed by atoms with Gasteiger partial charge in [0.15, 0.2) is 5.96 Å². The highest BCUT2D eigenvalue weighted by Gasteiger charge is 2.15. The smallest absolute Gasteiger partial charge is 0.339 e. The minimum atomic E-state index is -1.34. The van der Waals surface area contributed by atoms with Crippen LogP contribution in [-0.4, -0.2) is 28.0 Å². The van der Waals surface area contributed by atoms with Crippen molar-refractivity contribution in [3.63, 3.8) is 0 Å². The molecule has 0 aliphatic carbocycles. The van der Waals surface area contributed by atoms with Crippen molar-refractivity contribution >= 4 is 29.2 Å². The molecule has 18 heavy (non-hydrogen) atoms. The van der Waals surface area contributed by atoms with E-state index in [2.05, 4.69) is 10.6 Å². The average molecular weight is 252 g/mol. The second kappa shape index (κ2) is 5.04. The number of phenols is 1. The van der Waals surface area contributed by atoms with E-state index in [-0.39, 0.29) is 16.9 Å². The number of amides is 1. The number of carboxylic acids is 1. The number of carbonyl (C=O) groups excluding carboxylic acids is 1. The molecule has 8 nitrogen and oxygen atoms in total. The number of anilines is 2. The molecule has 96 valence electrons. The lowest BCUT2D eigenvalue weighted by Gasteiger charge is -2.13. The summed E-state index contributed by atoms with van der Waals surface area (Å²) in [5, 5.41) is 30.2. The van der Waals surface area contributed by atoms with E-state index in [0.29, 0.717) is 0 Å². The third-order valence-electron chi connectivity index (χ3n) is 1.95. The molecule has 0 spiro atoms. The Balaban J connectivity index is 3.31. The van der Waals surface area contributed by atoms with Crippen LogP contribution in [0.1, 0.15) is 17.3 Å². The van der Waals surface area contributed by atoms with Crippen LogP contribution in [-0.2, 0) is 4.79 Å². The van der Waals surface area contributed by atoms with Gasteiger partial charge in [0.2, 0.25) is 5.91 Å². The fourth-order valence-corrected chi connectivity index (χ4v) is 1.30. The molecule has 0 radical (unpaired) electrons. The van der Waals surface area contributed by atoms with Crippen molar-refractivity contribution in [2.45, 2.75) is 6.92 Å². The highest BCUT2D eigenvalue weighted by molar-refractivity contribution is 6.02.